The van der Waals surface area contributed by atoms with Crippen molar-refractivity contribution in [3.05, 3.63) is 35.4 Å². The van der Waals surface area contributed by atoms with Gasteiger partial charge in [-0.05, 0) is 29.5 Å². The molecule has 3 N–H and O–H groups in total. The smallest absolute Gasteiger partial charge is 0.0991 e. The lowest BCUT2D eigenvalue weighted by molar-refractivity contribution is 0.824. The van der Waals surface area contributed by atoms with Crippen LogP contribution in [0.15, 0.2) is 24.3 Å². The molecule has 1 rings (SSSR count). The van der Waals surface area contributed by atoms with Gasteiger partial charge in [0, 0.05) is 6.54 Å². The van der Waals surface area contributed by atoms with Crippen LogP contribution in [-0.4, -0.2) is 5.48 Å². The maximum atomic E-state index is 8.47. The van der Waals surface area contributed by atoms with Crippen LogP contribution in [0.3, 0.4) is 0 Å². The van der Waals surface area contributed by atoms with Crippen molar-refractivity contribution >= 4 is 11.8 Å². The van der Waals surface area contributed by atoms with Gasteiger partial charge in [-0.2, -0.15) is 5.26 Å². The second kappa shape index (κ2) is 5.56. The molecule has 0 aromatic heterocycles. The fraction of sp³-hybridized carbons (Fsp3) is 0.125. The van der Waals surface area contributed by atoms with Gasteiger partial charge < -0.3 is 5.48 Å². The monoisotopic (exact) mass is 184 g/mol. The lowest BCUT2D eigenvalue weighted by Crippen LogP contribution is -1.97. The van der Waals surface area contributed by atoms with Crippen molar-refractivity contribution in [1.29, 1.82) is 5.26 Å². The molecule has 0 aliphatic heterocycles. The molecule has 3 nitrogen and oxygen atoms in total. The molecule has 0 amide bonds. The van der Waals surface area contributed by atoms with Crippen molar-refractivity contribution in [3.8, 4) is 6.07 Å². The molecule has 64 valence electrons. The minimum absolute atomic E-state index is 0. The van der Waals surface area contributed by atoms with Gasteiger partial charge in [-0.1, -0.05) is 12.1 Å². The molecule has 1 aromatic carbocycles. The third-order valence-electron chi connectivity index (χ3n) is 1.35. The molecule has 0 heterocycles. The molecule has 0 saturated heterocycles. The summed E-state index contributed by atoms with van der Waals surface area (Å²) in [6.45, 7) is 0.618. The zero-order valence-electron chi connectivity index (χ0n) is 6.34. The molecule has 0 aliphatic carbocycles. The van der Waals surface area contributed by atoms with Crippen LogP contribution in [0.2, 0.25) is 0 Å². The second-order valence-electron chi connectivity index (χ2n) is 2.12. The summed E-state index contributed by atoms with van der Waals surface area (Å²) in [6.07, 6.45) is 0. The van der Waals surface area contributed by atoms with Gasteiger partial charge in [0.25, 0.3) is 0 Å². The van der Waals surface area contributed by atoms with E-state index in [1.54, 1.807) is 12.1 Å². The van der Waals surface area contributed by atoms with Gasteiger partial charge in [0.15, 0.2) is 0 Å². The van der Waals surface area contributed by atoms with Crippen molar-refractivity contribution in [1.82, 2.24) is 4.84 Å². The van der Waals surface area contributed by atoms with Crippen molar-refractivity contribution in [2.75, 3.05) is 0 Å². The Labute approximate surface area is 76.0 Å². The van der Waals surface area contributed by atoms with Gasteiger partial charge >= 0.3 is 0 Å². The Morgan fingerprint density at radius 1 is 1.33 bits per heavy atom. The number of nitriles is 1. The summed E-state index contributed by atoms with van der Waals surface area (Å²) in [5.74, 6) is 0. The number of benzene rings is 1. The molecule has 0 atom stereocenters. The first-order valence-electron chi connectivity index (χ1n) is 3.19. The van der Waals surface area contributed by atoms with Crippen LogP contribution in [-0.2, 0) is 6.54 Å². The standard InChI is InChI=1S/C8H7ClN2.H2O/c9-11-6-8-3-1-7(5-10)2-4-8;/h1-4,11H,6H2;1H2. The van der Waals surface area contributed by atoms with Crippen LogP contribution in [0.4, 0.5) is 0 Å². The zero-order valence-corrected chi connectivity index (χ0v) is 7.10. The van der Waals surface area contributed by atoms with E-state index in [9.17, 15) is 0 Å². The summed E-state index contributed by atoms with van der Waals surface area (Å²) in [5, 5.41) is 8.47. The molecule has 0 radical (unpaired) electrons. The maximum absolute atomic E-state index is 8.47. The number of hydrogen-bond donors (Lipinski definition) is 1. The molecule has 0 aliphatic rings. The Morgan fingerprint density at radius 3 is 2.33 bits per heavy atom. The van der Waals surface area contributed by atoms with E-state index in [1.165, 1.54) is 0 Å². The molecule has 1 aromatic rings. The van der Waals surface area contributed by atoms with Gasteiger partial charge in [0.2, 0.25) is 0 Å². The van der Waals surface area contributed by atoms with Gasteiger partial charge in [-0.15, -0.1) is 0 Å². The van der Waals surface area contributed by atoms with Gasteiger partial charge in [0.1, 0.15) is 0 Å². The van der Waals surface area contributed by atoms with E-state index >= 15 is 0 Å². The van der Waals surface area contributed by atoms with Crippen LogP contribution in [0, 0.1) is 11.3 Å². The predicted octanol–water partition coefficient (Wildman–Crippen LogP) is 0.977. The highest BCUT2D eigenvalue weighted by molar-refractivity contribution is 6.13. The largest absolute Gasteiger partial charge is 0.412 e. The average Bonchev–Trinajstić information content (AvgIpc) is 2.07. The molecular weight excluding hydrogens is 176 g/mol. The molecule has 0 unspecified atom stereocenters. The van der Waals surface area contributed by atoms with Crippen molar-refractivity contribution in [2.45, 2.75) is 6.54 Å². The first-order chi connectivity index (χ1) is 5.36. The van der Waals surface area contributed by atoms with Gasteiger partial charge in [-0.25, -0.2) is 4.84 Å². The Balaban J connectivity index is 0.00000121. The van der Waals surface area contributed by atoms with E-state index < -0.39 is 0 Å². The maximum Gasteiger partial charge on any atom is 0.0991 e. The number of hydrogen-bond acceptors (Lipinski definition) is 2. The fourth-order valence-corrected chi connectivity index (χ4v) is 0.929. The van der Waals surface area contributed by atoms with E-state index in [-0.39, 0.29) is 5.48 Å². The second-order valence-corrected chi connectivity index (χ2v) is 2.39. The Bertz CT molecular complexity index is 265. The SMILES string of the molecule is N#Cc1ccc(CNCl)cc1.O. The van der Waals surface area contributed by atoms with Gasteiger partial charge in [0.05, 0.1) is 11.6 Å². The van der Waals surface area contributed by atoms with Crippen LogP contribution in [0.25, 0.3) is 0 Å². The van der Waals surface area contributed by atoms with Crippen LogP contribution in [0.5, 0.6) is 0 Å². The number of nitrogens with one attached hydrogen (secondary N) is 1. The third kappa shape index (κ3) is 2.89. The highest BCUT2D eigenvalue weighted by Gasteiger charge is 1.91. The summed E-state index contributed by atoms with van der Waals surface area (Å²) in [6, 6.07) is 9.32. The minimum Gasteiger partial charge on any atom is -0.412 e. The Morgan fingerprint density at radius 2 is 1.92 bits per heavy atom. The first kappa shape index (κ1) is 10.9. The van der Waals surface area contributed by atoms with E-state index in [4.69, 9.17) is 17.0 Å². The number of nitrogens with zero attached hydrogens (tertiary/aromatic N) is 1. The topological polar surface area (TPSA) is 67.3 Å². The lowest BCUT2D eigenvalue weighted by atomic mass is 10.1. The summed E-state index contributed by atoms with van der Waals surface area (Å²) in [5.41, 5.74) is 1.74. The summed E-state index contributed by atoms with van der Waals surface area (Å²) in [4.78, 5) is 2.51. The normalized spacial score (nSPS) is 8.33. The van der Waals surface area contributed by atoms with E-state index in [0.717, 1.165) is 5.56 Å². The molecular formula is C8H9ClN2O. The van der Waals surface area contributed by atoms with Crippen LogP contribution in [0.1, 0.15) is 11.1 Å². The first-order valence-corrected chi connectivity index (χ1v) is 3.57. The average molecular weight is 185 g/mol. The van der Waals surface area contributed by atoms with Crippen molar-refractivity contribution in [2.24, 2.45) is 0 Å². The molecule has 0 fully saturated rings. The molecule has 0 spiro atoms. The lowest BCUT2D eigenvalue weighted by Gasteiger charge is -1.96. The fourth-order valence-electron chi connectivity index (χ4n) is 0.774. The quantitative estimate of drug-likeness (QED) is 0.697. The van der Waals surface area contributed by atoms with E-state index in [1.807, 2.05) is 18.2 Å². The third-order valence-corrected chi connectivity index (χ3v) is 1.49. The highest BCUT2D eigenvalue weighted by atomic mass is 35.5. The summed E-state index contributed by atoms with van der Waals surface area (Å²) >= 11 is 5.29. The zero-order chi connectivity index (χ0) is 8.10. The number of halogens is 1. The number of rotatable bonds is 2. The Hall–Kier alpha value is -1.08. The van der Waals surface area contributed by atoms with Crippen LogP contribution >= 0.6 is 11.8 Å². The molecule has 0 bridgehead atoms. The molecule has 4 heteroatoms. The summed E-state index contributed by atoms with van der Waals surface area (Å²) in [7, 11) is 0. The van der Waals surface area contributed by atoms with Crippen molar-refractivity contribution in [3.63, 3.8) is 0 Å². The summed E-state index contributed by atoms with van der Waals surface area (Å²) < 4.78 is 0. The molecule has 12 heavy (non-hydrogen) atoms. The van der Waals surface area contributed by atoms with Gasteiger partial charge in [-0.3, -0.25) is 0 Å². The highest BCUT2D eigenvalue weighted by Crippen LogP contribution is 2.02. The van der Waals surface area contributed by atoms with Crippen molar-refractivity contribution < 1.29 is 5.48 Å². The Kier molecular flexibility index (Phi) is 5.06. The predicted molar refractivity (Wildman–Crippen MR) is 47.5 cm³/mol. The molecule has 0 saturated carbocycles. The van der Waals surface area contributed by atoms with E-state index in [0.29, 0.717) is 12.1 Å². The van der Waals surface area contributed by atoms with Crippen LogP contribution < -0.4 is 4.84 Å². The minimum atomic E-state index is 0. The van der Waals surface area contributed by atoms with E-state index in [2.05, 4.69) is 4.84 Å².